The van der Waals surface area contributed by atoms with E-state index in [-0.39, 0.29) is 23.1 Å². The highest BCUT2D eigenvalue weighted by atomic mass is 35.5. The van der Waals surface area contributed by atoms with Crippen LogP contribution in [0.3, 0.4) is 0 Å². The summed E-state index contributed by atoms with van der Waals surface area (Å²) in [6.45, 7) is 4.50. The minimum atomic E-state index is -4.01. The molecule has 0 atom stereocenters. The van der Waals surface area contributed by atoms with Gasteiger partial charge in [0.05, 0.1) is 22.8 Å². The Bertz CT molecular complexity index is 1580. The highest BCUT2D eigenvalue weighted by Gasteiger charge is 2.22. The molecule has 1 N–H and O–H groups in total. The van der Waals surface area contributed by atoms with Gasteiger partial charge in [0, 0.05) is 17.2 Å². The molecule has 0 aliphatic carbocycles. The summed E-state index contributed by atoms with van der Waals surface area (Å²) in [6.07, 6.45) is 3.66. The lowest BCUT2D eigenvalue weighted by molar-refractivity contribution is 0.160. The second kappa shape index (κ2) is 11.6. The third kappa shape index (κ3) is 6.44. The van der Waals surface area contributed by atoms with E-state index in [1.807, 2.05) is 12.1 Å². The number of pyridine rings is 1. The predicted octanol–water partition coefficient (Wildman–Crippen LogP) is 6.54. The Morgan fingerprint density at radius 1 is 1.05 bits per heavy atom. The minimum Gasteiger partial charge on any atom is -0.492 e. The third-order valence-electron chi connectivity index (χ3n) is 6.84. The molecule has 2 aromatic heterocycles. The van der Waals surface area contributed by atoms with Crippen LogP contribution in [0.1, 0.15) is 24.0 Å². The van der Waals surface area contributed by atoms with Crippen molar-refractivity contribution in [3.63, 3.8) is 0 Å². The number of anilines is 1. The Morgan fingerprint density at radius 2 is 1.85 bits per heavy atom. The van der Waals surface area contributed by atoms with Crippen molar-refractivity contribution in [2.45, 2.75) is 31.3 Å². The molecule has 206 valence electrons. The maximum atomic E-state index is 13.3. The standard InChI is InChI=1S/C28H29Cl2N3O5S/c1-18-21(29)4-3-5-27(18)39(34,35)32-28-26(15-25-23(31-28)10-13-36-25)38-17-20-6-7-22(30)24(14-20)37-16-19-8-11-33(2)12-9-19/h3-7,10,13-15,19H,8-9,11-12,16-17H2,1-2H3,(H,31,32). The van der Waals surface area contributed by atoms with Crippen LogP contribution in [0.25, 0.3) is 11.1 Å². The third-order valence-corrected chi connectivity index (χ3v) is 9.05. The summed E-state index contributed by atoms with van der Waals surface area (Å²) in [5, 5.41) is 0.875. The number of hydrogen-bond donors (Lipinski definition) is 1. The summed E-state index contributed by atoms with van der Waals surface area (Å²) >= 11 is 12.6. The number of hydrogen-bond acceptors (Lipinski definition) is 7. The first-order valence-corrected chi connectivity index (χ1v) is 14.8. The number of nitrogens with one attached hydrogen (secondary N) is 1. The second-order valence-corrected chi connectivity index (χ2v) is 12.2. The van der Waals surface area contributed by atoms with Gasteiger partial charge in [-0.2, -0.15) is 0 Å². The van der Waals surface area contributed by atoms with E-state index in [1.54, 1.807) is 37.3 Å². The lowest BCUT2D eigenvalue weighted by Gasteiger charge is -2.28. The van der Waals surface area contributed by atoms with Crippen molar-refractivity contribution >= 4 is 50.1 Å². The van der Waals surface area contributed by atoms with Gasteiger partial charge in [0.15, 0.2) is 17.2 Å². The van der Waals surface area contributed by atoms with Gasteiger partial charge in [0.2, 0.25) is 0 Å². The van der Waals surface area contributed by atoms with Gasteiger partial charge in [0.25, 0.3) is 10.0 Å². The summed E-state index contributed by atoms with van der Waals surface area (Å²) in [4.78, 5) is 6.81. The van der Waals surface area contributed by atoms with Crippen molar-refractivity contribution in [2.75, 3.05) is 31.5 Å². The Labute approximate surface area is 237 Å². The minimum absolute atomic E-state index is 0.0379. The molecule has 0 amide bonds. The van der Waals surface area contributed by atoms with E-state index in [1.165, 1.54) is 12.3 Å². The molecule has 1 saturated heterocycles. The fourth-order valence-corrected chi connectivity index (χ4v) is 6.15. The van der Waals surface area contributed by atoms with E-state index in [4.69, 9.17) is 37.1 Å². The number of fused-ring (bicyclic) bond motifs is 1. The predicted molar refractivity (Wildman–Crippen MR) is 153 cm³/mol. The van der Waals surface area contributed by atoms with E-state index in [0.29, 0.717) is 45.0 Å². The van der Waals surface area contributed by atoms with Gasteiger partial charge in [-0.1, -0.05) is 35.3 Å². The van der Waals surface area contributed by atoms with Crippen LogP contribution in [-0.4, -0.2) is 45.0 Å². The van der Waals surface area contributed by atoms with Crippen LogP contribution < -0.4 is 14.2 Å². The number of aromatic nitrogens is 1. The van der Waals surface area contributed by atoms with Crippen molar-refractivity contribution in [2.24, 2.45) is 5.92 Å². The van der Waals surface area contributed by atoms with Crippen LogP contribution >= 0.6 is 23.2 Å². The zero-order valence-electron chi connectivity index (χ0n) is 21.6. The Balaban J connectivity index is 1.34. The quantitative estimate of drug-likeness (QED) is 0.237. The molecule has 0 bridgehead atoms. The molecule has 39 heavy (non-hydrogen) atoms. The molecule has 2 aromatic carbocycles. The molecule has 0 spiro atoms. The summed E-state index contributed by atoms with van der Waals surface area (Å²) < 4.78 is 46.7. The van der Waals surface area contributed by atoms with Crippen LogP contribution in [-0.2, 0) is 16.6 Å². The van der Waals surface area contributed by atoms with Crippen LogP contribution in [0.5, 0.6) is 11.5 Å². The molecule has 3 heterocycles. The number of piperidine rings is 1. The number of likely N-dealkylation sites (tertiary alicyclic amines) is 1. The van der Waals surface area contributed by atoms with Crippen LogP contribution in [0.4, 0.5) is 5.82 Å². The van der Waals surface area contributed by atoms with E-state index in [9.17, 15) is 8.42 Å². The topological polar surface area (TPSA) is 93.9 Å². The van der Waals surface area contributed by atoms with Gasteiger partial charge < -0.3 is 18.8 Å². The van der Waals surface area contributed by atoms with E-state index >= 15 is 0 Å². The Morgan fingerprint density at radius 3 is 2.64 bits per heavy atom. The summed E-state index contributed by atoms with van der Waals surface area (Å²) in [6, 6.07) is 13.4. The zero-order valence-corrected chi connectivity index (χ0v) is 23.9. The largest absolute Gasteiger partial charge is 0.492 e. The first kappa shape index (κ1) is 27.6. The highest BCUT2D eigenvalue weighted by Crippen LogP contribution is 2.33. The van der Waals surface area contributed by atoms with Crippen LogP contribution in [0.15, 0.2) is 64.1 Å². The second-order valence-electron chi connectivity index (χ2n) is 9.72. The maximum absolute atomic E-state index is 13.3. The Hall–Kier alpha value is -2.98. The SMILES string of the molecule is Cc1c(Cl)cccc1S(=O)(=O)Nc1nc2ccoc2cc1OCc1ccc(Cl)c(OCC2CCN(C)CC2)c1. The molecule has 0 radical (unpaired) electrons. The van der Waals surface area contributed by atoms with E-state index < -0.39 is 10.0 Å². The van der Waals surface area contributed by atoms with E-state index in [2.05, 4.69) is 21.7 Å². The van der Waals surface area contributed by atoms with Gasteiger partial charge in [-0.15, -0.1) is 0 Å². The number of benzene rings is 2. The molecule has 4 aromatic rings. The number of rotatable bonds is 9. The number of nitrogens with zero attached hydrogens (tertiary/aromatic N) is 2. The normalized spacial score (nSPS) is 15.0. The zero-order chi connectivity index (χ0) is 27.6. The molecule has 0 saturated carbocycles. The first-order valence-electron chi connectivity index (χ1n) is 12.6. The fraction of sp³-hybridized carbons (Fsp3) is 0.321. The molecule has 1 aliphatic rings. The summed E-state index contributed by atoms with van der Waals surface area (Å²) in [7, 11) is -1.88. The van der Waals surface area contributed by atoms with Gasteiger partial charge in [0.1, 0.15) is 17.9 Å². The van der Waals surface area contributed by atoms with E-state index in [0.717, 1.165) is 31.5 Å². The van der Waals surface area contributed by atoms with Crippen molar-refractivity contribution in [1.82, 2.24) is 9.88 Å². The number of halogens is 2. The molecule has 0 unspecified atom stereocenters. The van der Waals surface area contributed by atoms with Gasteiger partial charge in [-0.25, -0.2) is 13.4 Å². The number of furan rings is 1. The van der Waals surface area contributed by atoms with Crippen LogP contribution in [0, 0.1) is 12.8 Å². The van der Waals surface area contributed by atoms with Crippen molar-refractivity contribution in [1.29, 1.82) is 0 Å². The molecule has 1 fully saturated rings. The average Bonchev–Trinajstić information content (AvgIpc) is 3.36. The molecular formula is C28H29Cl2N3O5S. The number of ether oxygens (including phenoxy) is 2. The molecule has 11 heteroatoms. The lowest BCUT2D eigenvalue weighted by atomic mass is 9.98. The molecule has 5 rings (SSSR count). The summed E-state index contributed by atoms with van der Waals surface area (Å²) in [5.41, 5.74) is 2.19. The molecular weight excluding hydrogens is 561 g/mol. The molecule has 1 aliphatic heterocycles. The summed E-state index contributed by atoms with van der Waals surface area (Å²) in [5.74, 6) is 1.33. The van der Waals surface area contributed by atoms with Gasteiger partial charge >= 0.3 is 0 Å². The molecule has 8 nitrogen and oxygen atoms in total. The monoisotopic (exact) mass is 589 g/mol. The van der Waals surface area contributed by atoms with Crippen molar-refractivity contribution < 1.29 is 22.3 Å². The highest BCUT2D eigenvalue weighted by molar-refractivity contribution is 7.92. The fourth-order valence-electron chi connectivity index (χ4n) is 4.47. The van der Waals surface area contributed by atoms with Crippen molar-refractivity contribution in [3.8, 4) is 11.5 Å². The number of sulfonamides is 1. The smallest absolute Gasteiger partial charge is 0.263 e. The van der Waals surface area contributed by atoms with Gasteiger partial charge in [-0.3, -0.25) is 4.72 Å². The Kier molecular flexibility index (Phi) is 8.23. The van der Waals surface area contributed by atoms with Crippen molar-refractivity contribution in [3.05, 3.63) is 76.0 Å². The first-order chi connectivity index (χ1) is 18.7. The lowest BCUT2D eigenvalue weighted by Crippen LogP contribution is -2.32. The average molecular weight is 591 g/mol. The van der Waals surface area contributed by atoms with Gasteiger partial charge in [-0.05, 0) is 81.2 Å². The van der Waals surface area contributed by atoms with Crippen LogP contribution in [0.2, 0.25) is 10.0 Å². The maximum Gasteiger partial charge on any atom is 0.263 e.